The van der Waals surface area contributed by atoms with Crippen molar-refractivity contribution >= 4 is 39.6 Å². The largest absolute Gasteiger partial charge is 0.452 e. The molecule has 9 heteroatoms. The highest BCUT2D eigenvalue weighted by atomic mass is 35.5. The van der Waals surface area contributed by atoms with Gasteiger partial charge in [-0.3, -0.25) is 4.79 Å². The lowest BCUT2D eigenvalue weighted by Gasteiger charge is -2.34. The van der Waals surface area contributed by atoms with E-state index in [0.717, 1.165) is 5.56 Å². The second-order valence-electron chi connectivity index (χ2n) is 7.52. The maximum Gasteiger partial charge on any atom is 0.331 e. The average molecular weight is 477 g/mol. The zero-order valence-electron chi connectivity index (χ0n) is 18.0. The summed E-state index contributed by atoms with van der Waals surface area (Å²) in [6, 6.07) is 12.3. The van der Waals surface area contributed by atoms with Crippen LogP contribution in [-0.2, 0) is 24.3 Å². The minimum Gasteiger partial charge on any atom is -0.452 e. The van der Waals surface area contributed by atoms with Crippen molar-refractivity contribution in [2.75, 3.05) is 32.8 Å². The molecule has 0 aliphatic carbocycles. The highest BCUT2D eigenvalue weighted by Crippen LogP contribution is 2.22. The molecule has 0 spiro atoms. The number of hydrogen-bond acceptors (Lipinski definition) is 5. The number of nitrogens with zero attached hydrogens (tertiary/aromatic N) is 2. The summed E-state index contributed by atoms with van der Waals surface area (Å²) in [7, 11) is -3.63. The summed E-state index contributed by atoms with van der Waals surface area (Å²) < 4.78 is 32.3. The van der Waals surface area contributed by atoms with Crippen LogP contribution in [-0.4, -0.2) is 62.3 Å². The number of piperazine rings is 1. The molecule has 0 N–H and O–H groups in total. The van der Waals surface area contributed by atoms with Crippen molar-refractivity contribution in [3.05, 3.63) is 70.3 Å². The Morgan fingerprint density at radius 3 is 2.41 bits per heavy atom. The smallest absolute Gasteiger partial charge is 0.331 e. The molecule has 32 heavy (non-hydrogen) atoms. The first-order valence-corrected chi connectivity index (χ1v) is 11.9. The Kier molecular flexibility index (Phi) is 7.71. The van der Waals surface area contributed by atoms with E-state index < -0.39 is 22.6 Å². The molecule has 0 saturated carbocycles. The van der Waals surface area contributed by atoms with Gasteiger partial charge in [-0.2, -0.15) is 4.31 Å². The van der Waals surface area contributed by atoms with Gasteiger partial charge in [0, 0.05) is 37.3 Å². The quantitative estimate of drug-likeness (QED) is 0.472. The van der Waals surface area contributed by atoms with Gasteiger partial charge in [-0.05, 0) is 43.2 Å². The van der Waals surface area contributed by atoms with Crippen LogP contribution in [0, 0.1) is 13.8 Å². The van der Waals surface area contributed by atoms with E-state index in [0.29, 0.717) is 16.1 Å². The number of hydrogen-bond donors (Lipinski definition) is 0. The number of sulfonamides is 1. The SMILES string of the molecule is Cc1ccc(S(=O)(=O)N2CCN(C(=O)COC(=O)C=Cc3ccccc3Cl)CC2)c(C)c1. The van der Waals surface area contributed by atoms with E-state index in [1.807, 2.05) is 13.0 Å². The predicted octanol–water partition coefficient (Wildman–Crippen LogP) is 3.05. The monoisotopic (exact) mass is 476 g/mol. The summed E-state index contributed by atoms with van der Waals surface area (Å²) in [5.41, 5.74) is 2.35. The Morgan fingerprint density at radius 2 is 1.75 bits per heavy atom. The Labute approximate surface area is 193 Å². The van der Waals surface area contributed by atoms with Crippen LogP contribution in [0.15, 0.2) is 53.4 Å². The highest BCUT2D eigenvalue weighted by Gasteiger charge is 2.31. The number of esters is 1. The van der Waals surface area contributed by atoms with Crippen LogP contribution >= 0.6 is 11.6 Å². The molecule has 1 aliphatic heterocycles. The molecule has 0 aromatic heterocycles. The Hall–Kier alpha value is -2.68. The van der Waals surface area contributed by atoms with Gasteiger partial charge in [0.1, 0.15) is 0 Å². The number of aryl methyl sites for hydroxylation is 2. The summed E-state index contributed by atoms with van der Waals surface area (Å²) in [4.78, 5) is 26.1. The van der Waals surface area contributed by atoms with Gasteiger partial charge in [0.2, 0.25) is 10.0 Å². The molecule has 1 amide bonds. The molecular weight excluding hydrogens is 452 g/mol. The van der Waals surface area contributed by atoms with Crippen LogP contribution in [0.3, 0.4) is 0 Å². The second kappa shape index (κ2) is 10.3. The Bertz CT molecular complexity index is 1140. The van der Waals surface area contributed by atoms with E-state index in [4.69, 9.17) is 16.3 Å². The maximum atomic E-state index is 13.0. The maximum absolute atomic E-state index is 13.0. The van der Waals surface area contributed by atoms with Crippen molar-refractivity contribution in [3.63, 3.8) is 0 Å². The third-order valence-electron chi connectivity index (χ3n) is 5.18. The lowest BCUT2D eigenvalue weighted by molar-refractivity contribution is -0.148. The first kappa shape index (κ1) is 24.0. The molecule has 3 rings (SSSR count). The highest BCUT2D eigenvalue weighted by molar-refractivity contribution is 7.89. The predicted molar refractivity (Wildman–Crippen MR) is 123 cm³/mol. The van der Waals surface area contributed by atoms with Crippen LogP contribution in [0.25, 0.3) is 6.08 Å². The molecule has 0 bridgehead atoms. The molecule has 0 atom stereocenters. The summed E-state index contributed by atoms with van der Waals surface area (Å²) in [6.07, 6.45) is 2.73. The third kappa shape index (κ3) is 5.76. The normalized spacial score (nSPS) is 15.2. The topological polar surface area (TPSA) is 84.0 Å². The summed E-state index contributed by atoms with van der Waals surface area (Å²) >= 11 is 6.02. The molecule has 0 radical (unpaired) electrons. The first-order chi connectivity index (χ1) is 15.2. The summed E-state index contributed by atoms with van der Waals surface area (Å²) in [6.45, 7) is 4.10. The lowest BCUT2D eigenvalue weighted by Crippen LogP contribution is -2.51. The molecule has 1 heterocycles. The van der Waals surface area contributed by atoms with E-state index in [1.165, 1.54) is 21.4 Å². The van der Waals surface area contributed by atoms with Crippen molar-refractivity contribution in [1.29, 1.82) is 0 Å². The zero-order valence-corrected chi connectivity index (χ0v) is 19.5. The number of benzene rings is 2. The number of amides is 1. The van der Waals surface area contributed by atoms with Gasteiger partial charge >= 0.3 is 5.97 Å². The van der Waals surface area contributed by atoms with Gasteiger partial charge in [0.25, 0.3) is 5.91 Å². The minimum absolute atomic E-state index is 0.182. The molecule has 2 aromatic rings. The van der Waals surface area contributed by atoms with Crippen molar-refractivity contribution in [1.82, 2.24) is 9.21 Å². The van der Waals surface area contributed by atoms with Crippen LogP contribution < -0.4 is 0 Å². The molecule has 1 saturated heterocycles. The van der Waals surface area contributed by atoms with E-state index in [2.05, 4.69) is 0 Å². The molecule has 0 unspecified atom stereocenters. The van der Waals surface area contributed by atoms with E-state index in [1.54, 1.807) is 43.3 Å². The van der Waals surface area contributed by atoms with Crippen molar-refractivity contribution in [2.24, 2.45) is 0 Å². The molecule has 2 aromatic carbocycles. The minimum atomic E-state index is -3.63. The standard InChI is InChI=1S/C23H25ClN2O5S/c1-17-7-9-21(18(2)15-17)32(29,30)26-13-11-25(12-14-26)22(27)16-31-23(28)10-8-19-5-3-4-6-20(19)24/h3-10,15H,11-14,16H2,1-2H3. The number of halogens is 1. The van der Waals surface area contributed by atoms with Gasteiger partial charge in [-0.15, -0.1) is 0 Å². The molecule has 1 aliphatic rings. The fourth-order valence-corrected chi connectivity index (χ4v) is 5.27. The zero-order chi connectivity index (χ0) is 23.3. The van der Waals surface area contributed by atoms with Crippen LogP contribution in [0.2, 0.25) is 5.02 Å². The third-order valence-corrected chi connectivity index (χ3v) is 7.58. The van der Waals surface area contributed by atoms with Crippen molar-refractivity contribution < 1.29 is 22.7 Å². The summed E-state index contributed by atoms with van der Waals surface area (Å²) in [5.74, 6) is -1.03. The van der Waals surface area contributed by atoms with E-state index in [-0.39, 0.29) is 37.0 Å². The van der Waals surface area contributed by atoms with Crippen LogP contribution in [0.5, 0.6) is 0 Å². The van der Waals surface area contributed by atoms with Crippen LogP contribution in [0.4, 0.5) is 0 Å². The molecule has 1 fully saturated rings. The molecule has 170 valence electrons. The lowest BCUT2D eigenvalue weighted by atomic mass is 10.2. The first-order valence-electron chi connectivity index (χ1n) is 10.1. The van der Waals surface area contributed by atoms with Gasteiger partial charge in [0.05, 0.1) is 4.90 Å². The molecular formula is C23H25ClN2O5S. The van der Waals surface area contributed by atoms with Gasteiger partial charge < -0.3 is 9.64 Å². The van der Waals surface area contributed by atoms with Crippen molar-refractivity contribution in [2.45, 2.75) is 18.7 Å². The summed E-state index contributed by atoms with van der Waals surface area (Å²) in [5, 5.41) is 0.501. The van der Waals surface area contributed by atoms with Gasteiger partial charge in [-0.1, -0.05) is 47.5 Å². The Balaban J connectivity index is 1.51. The van der Waals surface area contributed by atoms with Gasteiger partial charge in [0.15, 0.2) is 6.61 Å². The fraction of sp³-hybridized carbons (Fsp3) is 0.304. The number of rotatable bonds is 6. The van der Waals surface area contributed by atoms with Crippen LogP contribution in [0.1, 0.15) is 16.7 Å². The number of ether oxygens (including phenoxy) is 1. The number of carbonyl (C=O) groups excluding carboxylic acids is 2. The second-order valence-corrected chi connectivity index (χ2v) is 9.83. The van der Waals surface area contributed by atoms with Gasteiger partial charge in [-0.25, -0.2) is 13.2 Å². The Morgan fingerprint density at radius 1 is 1.06 bits per heavy atom. The van der Waals surface area contributed by atoms with E-state index in [9.17, 15) is 18.0 Å². The fourth-order valence-electron chi connectivity index (χ4n) is 3.45. The number of carbonyl (C=O) groups is 2. The average Bonchev–Trinajstić information content (AvgIpc) is 2.76. The molecule has 7 nitrogen and oxygen atoms in total. The van der Waals surface area contributed by atoms with E-state index >= 15 is 0 Å². The van der Waals surface area contributed by atoms with Crippen molar-refractivity contribution in [3.8, 4) is 0 Å².